The van der Waals surface area contributed by atoms with Gasteiger partial charge in [-0.15, -0.1) is 11.3 Å². The number of nitrogens with two attached hydrogens (primary N) is 1. The molecule has 72 valence electrons. The van der Waals surface area contributed by atoms with Crippen molar-refractivity contribution in [3.05, 3.63) is 41.4 Å². The second kappa shape index (κ2) is 3.90. The van der Waals surface area contributed by atoms with E-state index in [0.717, 1.165) is 15.4 Å². The standard InChI is InChI=1S/C11H12N2S/c1-8(12)10-7-13-11(14-10)9-5-3-2-4-6-9/h2-8H,12H2,1H3/t8-/m0/s1. The molecule has 2 aromatic rings. The molecule has 0 amide bonds. The molecule has 1 atom stereocenters. The molecule has 0 aliphatic carbocycles. The Morgan fingerprint density at radius 3 is 2.57 bits per heavy atom. The molecule has 1 aromatic carbocycles. The minimum atomic E-state index is 0.0740. The second-order valence-corrected chi connectivity index (χ2v) is 4.28. The Hall–Kier alpha value is -1.19. The molecule has 1 aromatic heterocycles. The molecular formula is C11H12N2S. The van der Waals surface area contributed by atoms with Crippen LogP contribution in [-0.2, 0) is 0 Å². The zero-order chi connectivity index (χ0) is 9.97. The van der Waals surface area contributed by atoms with Crippen molar-refractivity contribution in [2.24, 2.45) is 5.73 Å². The number of hydrogen-bond acceptors (Lipinski definition) is 3. The summed E-state index contributed by atoms with van der Waals surface area (Å²) in [7, 11) is 0. The fourth-order valence-corrected chi connectivity index (χ4v) is 2.09. The Bertz CT molecular complexity index is 406. The summed E-state index contributed by atoms with van der Waals surface area (Å²) < 4.78 is 0. The van der Waals surface area contributed by atoms with E-state index < -0.39 is 0 Å². The number of aromatic nitrogens is 1. The lowest BCUT2D eigenvalue weighted by Crippen LogP contribution is -2.01. The molecule has 2 rings (SSSR count). The zero-order valence-electron chi connectivity index (χ0n) is 7.97. The van der Waals surface area contributed by atoms with Crippen LogP contribution in [0.3, 0.4) is 0 Å². The summed E-state index contributed by atoms with van der Waals surface area (Å²) >= 11 is 1.66. The van der Waals surface area contributed by atoms with Crippen LogP contribution in [0, 0.1) is 0 Å². The average molecular weight is 204 g/mol. The highest BCUT2D eigenvalue weighted by molar-refractivity contribution is 7.15. The second-order valence-electron chi connectivity index (χ2n) is 3.22. The largest absolute Gasteiger partial charge is 0.323 e. The minimum absolute atomic E-state index is 0.0740. The molecule has 2 nitrogen and oxygen atoms in total. The fourth-order valence-electron chi connectivity index (χ4n) is 1.21. The Labute approximate surface area is 87.4 Å². The van der Waals surface area contributed by atoms with Crippen LogP contribution in [-0.4, -0.2) is 4.98 Å². The van der Waals surface area contributed by atoms with Crippen molar-refractivity contribution < 1.29 is 0 Å². The first-order valence-corrected chi connectivity index (χ1v) is 5.36. The molecule has 0 fully saturated rings. The third kappa shape index (κ3) is 1.84. The van der Waals surface area contributed by atoms with Crippen LogP contribution in [0.2, 0.25) is 0 Å². The molecule has 0 saturated heterocycles. The maximum absolute atomic E-state index is 5.78. The van der Waals surface area contributed by atoms with E-state index in [0.29, 0.717) is 0 Å². The first-order chi connectivity index (χ1) is 6.77. The van der Waals surface area contributed by atoms with Crippen molar-refractivity contribution in [3.8, 4) is 10.6 Å². The van der Waals surface area contributed by atoms with Crippen molar-refractivity contribution in [1.82, 2.24) is 4.98 Å². The van der Waals surface area contributed by atoms with Gasteiger partial charge in [-0.05, 0) is 6.92 Å². The number of benzene rings is 1. The SMILES string of the molecule is C[C@H](N)c1cnc(-c2ccccc2)s1. The molecule has 0 aliphatic rings. The maximum atomic E-state index is 5.78. The highest BCUT2D eigenvalue weighted by atomic mass is 32.1. The molecular weight excluding hydrogens is 192 g/mol. The fraction of sp³-hybridized carbons (Fsp3) is 0.182. The molecule has 0 radical (unpaired) electrons. The van der Waals surface area contributed by atoms with Crippen molar-refractivity contribution >= 4 is 11.3 Å². The normalized spacial score (nSPS) is 12.7. The van der Waals surface area contributed by atoms with E-state index in [1.807, 2.05) is 31.3 Å². The summed E-state index contributed by atoms with van der Waals surface area (Å²) in [4.78, 5) is 5.47. The Kier molecular flexibility index (Phi) is 2.61. The first kappa shape index (κ1) is 9.37. The molecule has 1 heterocycles. The zero-order valence-corrected chi connectivity index (χ0v) is 8.79. The van der Waals surface area contributed by atoms with E-state index in [2.05, 4.69) is 17.1 Å². The quantitative estimate of drug-likeness (QED) is 0.817. The summed E-state index contributed by atoms with van der Waals surface area (Å²) in [5, 5.41) is 1.04. The Morgan fingerprint density at radius 1 is 1.29 bits per heavy atom. The van der Waals surface area contributed by atoms with Gasteiger partial charge in [-0.3, -0.25) is 0 Å². The summed E-state index contributed by atoms with van der Waals surface area (Å²) in [6, 6.07) is 10.2. The van der Waals surface area contributed by atoms with Gasteiger partial charge in [-0.2, -0.15) is 0 Å². The maximum Gasteiger partial charge on any atom is 0.123 e. The highest BCUT2D eigenvalue weighted by Gasteiger charge is 2.06. The van der Waals surface area contributed by atoms with Crippen LogP contribution in [0.4, 0.5) is 0 Å². The van der Waals surface area contributed by atoms with Gasteiger partial charge in [0.25, 0.3) is 0 Å². The van der Waals surface area contributed by atoms with Gasteiger partial charge in [-0.25, -0.2) is 4.98 Å². The van der Waals surface area contributed by atoms with Crippen molar-refractivity contribution in [3.63, 3.8) is 0 Å². The molecule has 0 unspecified atom stereocenters. The summed E-state index contributed by atoms with van der Waals surface area (Å²) in [6.07, 6.45) is 1.86. The molecule has 0 spiro atoms. The van der Waals surface area contributed by atoms with E-state index in [-0.39, 0.29) is 6.04 Å². The first-order valence-electron chi connectivity index (χ1n) is 4.54. The van der Waals surface area contributed by atoms with Crippen LogP contribution >= 0.6 is 11.3 Å². The smallest absolute Gasteiger partial charge is 0.123 e. The van der Waals surface area contributed by atoms with Gasteiger partial charge < -0.3 is 5.73 Å². The van der Waals surface area contributed by atoms with Gasteiger partial charge in [0.1, 0.15) is 5.01 Å². The van der Waals surface area contributed by atoms with Crippen LogP contribution in [0.25, 0.3) is 10.6 Å². The molecule has 0 saturated carbocycles. The topological polar surface area (TPSA) is 38.9 Å². The lowest BCUT2D eigenvalue weighted by atomic mass is 10.2. The summed E-state index contributed by atoms with van der Waals surface area (Å²) in [5.41, 5.74) is 6.93. The van der Waals surface area contributed by atoms with Crippen LogP contribution in [0.15, 0.2) is 36.5 Å². The average Bonchev–Trinajstić information content (AvgIpc) is 2.68. The Morgan fingerprint density at radius 2 is 2.00 bits per heavy atom. The number of thiazole rings is 1. The monoisotopic (exact) mass is 204 g/mol. The van der Waals surface area contributed by atoms with E-state index in [9.17, 15) is 0 Å². The van der Waals surface area contributed by atoms with Gasteiger partial charge >= 0.3 is 0 Å². The Balaban J connectivity index is 2.34. The van der Waals surface area contributed by atoms with Gasteiger partial charge in [0, 0.05) is 22.7 Å². The van der Waals surface area contributed by atoms with Gasteiger partial charge in [-0.1, -0.05) is 30.3 Å². The van der Waals surface area contributed by atoms with Gasteiger partial charge in [0.2, 0.25) is 0 Å². The third-order valence-corrected chi connectivity index (χ3v) is 3.24. The molecule has 3 heteroatoms. The molecule has 0 bridgehead atoms. The van der Waals surface area contributed by atoms with E-state index in [4.69, 9.17) is 5.73 Å². The summed E-state index contributed by atoms with van der Waals surface area (Å²) in [6.45, 7) is 1.97. The molecule has 14 heavy (non-hydrogen) atoms. The van der Waals surface area contributed by atoms with Crippen LogP contribution in [0.1, 0.15) is 17.8 Å². The number of hydrogen-bond donors (Lipinski definition) is 1. The lowest BCUT2D eigenvalue weighted by molar-refractivity contribution is 0.835. The van der Waals surface area contributed by atoms with E-state index >= 15 is 0 Å². The van der Waals surface area contributed by atoms with E-state index in [1.165, 1.54) is 0 Å². The molecule has 0 aliphatic heterocycles. The lowest BCUT2D eigenvalue weighted by Gasteiger charge is -1.97. The van der Waals surface area contributed by atoms with Crippen LogP contribution in [0.5, 0.6) is 0 Å². The van der Waals surface area contributed by atoms with Crippen LogP contribution < -0.4 is 5.73 Å². The minimum Gasteiger partial charge on any atom is -0.323 e. The third-order valence-electron chi connectivity index (χ3n) is 1.99. The predicted octanol–water partition coefficient (Wildman–Crippen LogP) is 2.83. The molecule has 2 N–H and O–H groups in total. The van der Waals surface area contributed by atoms with Gasteiger partial charge in [0.15, 0.2) is 0 Å². The number of rotatable bonds is 2. The summed E-state index contributed by atoms with van der Waals surface area (Å²) in [5.74, 6) is 0. The van der Waals surface area contributed by atoms with Crippen molar-refractivity contribution in [2.75, 3.05) is 0 Å². The van der Waals surface area contributed by atoms with Crippen molar-refractivity contribution in [1.29, 1.82) is 0 Å². The van der Waals surface area contributed by atoms with Gasteiger partial charge in [0.05, 0.1) is 0 Å². The number of nitrogens with zero attached hydrogens (tertiary/aromatic N) is 1. The van der Waals surface area contributed by atoms with E-state index in [1.54, 1.807) is 11.3 Å². The predicted molar refractivity (Wildman–Crippen MR) is 60.2 cm³/mol. The highest BCUT2D eigenvalue weighted by Crippen LogP contribution is 2.27. The van der Waals surface area contributed by atoms with Crippen molar-refractivity contribution in [2.45, 2.75) is 13.0 Å².